The maximum absolute atomic E-state index is 9.28. The quantitative estimate of drug-likeness (QED) is 0.643. The standard InChI is InChI=1S/C17H20O.2C2H6/c1-3-13(4-2)14-5-7-15(8-6-14)16-9-11-17(18)12-10-16;2*1-2/h5-13,18H,3-4H2,1-2H3;2*1-2H3. The minimum atomic E-state index is 0.312. The molecule has 22 heavy (non-hydrogen) atoms. The molecule has 0 fully saturated rings. The van der Waals surface area contributed by atoms with Crippen LogP contribution in [-0.4, -0.2) is 5.11 Å². The zero-order chi connectivity index (χ0) is 17.0. The number of phenolic OH excluding ortho intramolecular Hbond substituents is 1. The van der Waals surface area contributed by atoms with E-state index in [1.807, 2.05) is 39.8 Å². The predicted octanol–water partition coefficient (Wildman–Crippen LogP) is 7.02. The van der Waals surface area contributed by atoms with E-state index in [9.17, 15) is 5.11 Å². The Kier molecular flexibility index (Phi) is 10.9. The fraction of sp³-hybridized carbons (Fsp3) is 0.429. The van der Waals surface area contributed by atoms with Gasteiger partial charge in [0.1, 0.15) is 5.75 Å². The van der Waals surface area contributed by atoms with E-state index in [1.54, 1.807) is 12.1 Å². The second-order valence-corrected chi connectivity index (χ2v) is 4.68. The topological polar surface area (TPSA) is 20.2 Å². The summed E-state index contributed by atoms with van der Waals surface area (Å²) < 4.78 is 0. The number of hydrogen-bond donors (Lipinski definition) is 1. The molecule has 0 spiro atoms. The van der Waals surface area contributed by atoms with Crippen LogP contribution in [0.4, 0.5) is 0 Å². The fourth-order valence-electron chi connectivity index (χ4n) is 2.36. The zero-order valence-electron chi connectivity index (χ0n) is 15.1. The smallest absolute Gasteiger partial charge is 0.115 e. The number of benzene rings is 2. The molecule has 1 heteroatoms. The minimum absolute atomic E-state index is 0.312. The summed E-state index contributed by atoms with van der Waals surface area (Å²) in [6, 6.07) is 16.1. The molecular weight excluding hydrogens is 268 g/mol. The highest BCUT2D eigenvalue weighted by Crippen LogP contribution is 2.27. The van der Waals surface area contributed by atoms with Gasteiger partial charge in [-0.3, -0.25) is 0 Å². The SMILES string of the molecule is CC.CC.CCC(CC)c1ccc(-c2ccc(O)cc2)cc1. The Balaban J connectivity index is 0.00000102. The van der Waals surface area contributed by atoms with E-state index < -0.39 is 0 Å². The average molecular weight is 300 g/mol. The van der Waals surface area contributed by atoms with Crippen LogP contribution in [0.2, 0.25) is 0 Å². The van der Waals surface area contributed by atoms with E-state index in [2.05, 4.69) is 38.1 Å². The van der Waals surface area contributed by atoms with Gasteiger partial charge in [-0.1, -0.05) is 77.9 Å². The average Bonchev–Trinajstić information content (AvgIpc) is 2.61. The molecule has 0 aliphatic carbocycles. The normalized spacial score (nSPS) is 9.41. The van der Waals surface area contributed by atoms with E-state index >= 15 is 0 Å². The van der Waals surface area contributed by atoms with Crippen LogP contribution in [0.25, 0.3) is 11.1 Å². The molecule has 0 heterocycles. The van der Waals surface area contributed by atoms with Crippen LogP contribution >= 0.6 is 0 Å². The van der Waals surface area contributed by atoms with E-state index in [0.717, 1.165) is 5.56 Å². The van der Waals surface area contributed by atoms with Gasteiger partial charge in [-0.15, -0.1) is 0 Å². The van der Waals surface area contributed by atoms with Crippen LogP contribution in [0.1, 0.15) is 65.9 Å². The molecule has 122 valence electrons. The van der Waals surface area contributed by atoms with Gasteiger partial charge in [-0.25, -0.2) is 0 Å². The summed E-state index contributed by atoms with van der Waals surface area (Å²) in [6.45, 7) is 12.5. The van der Waals surface area contributed by atoms with Gasteiger partial charge in [-0.2, -0.15) is 0 Å². The van der Waals surface area contributed by atoms with Crippen molar-refractivity contribution in [3.05, 3.63) is 54.1 Å². The Bertz CT molecular complexity index is 478. The van der Waals surface area contributed by atoms with Gasteiger partial charge in [0, 0.05) is 0 Å². The first-order valence-corrected chi connectivity index (χ1v) is 8.64. The number of rotatable bonds is 4. The molecule has 1 nitrogen and oxygen atoms in total. The van der Waals surface area contributed by atoms with Crippen LogP contribution < -0.4 is 0 Å². The number of hydrogen-bond acceptors (Lipinski definition) is 1. The van der Waals surface area contributed by atoms with Crippen LogP contribution in [0.3, 0.4) is 0 Å². The lowest BCUT2D eigenvalue weighted by molar-refractivity contribution is 0.475. The molecule has 2 aromatic rings. The van der Waals surface area contributed by atoms with Crippen molar-refractivity contribution in [2.24, 2.45) is 0 Å². The van der Waals surface area contributed by atoms with Crippen LogP contribution in [0, 0.1) is 0 Å². The maximum atomic E-state index is 9.28. The lowest BCUT2D eigenvalue weighted by atomic mass is 9.92. The Hall–Kier alpha value is -1.76. The molecular formula is C21H32O. The Morgan fingerprint density at radius 2 is 1.05 bits per heavy atom. The molecule has 0 radical (unpaired) electrons. The van der Waals surface area contributed by atoms with Gasteiger partial charge >= 0.3 is 0 Å². The zero-order valence-corrected chi connectivity index (χ0v) is 15.1. The van der Waals surface area contributed by atoms with Crippen LogP contribution in [0.15, 0.2) is 48.5 Å². The van der Waals surface area contributed by atoms with Gasteiger partial charge < -0.3 is 5.11 Å². The van der Waals surface area contributed by atoms with E-state index in [4.69, 9.17) is 0 Å². The molecule has 0 aliphatic rings. The van der Waals surface area contributed by atoms with Crippen molar-refractivity contribution in [1.82, 2.24) is 0 Å². The molecule has 1 N–H and O–H groups in total. The summed E-state index contributed by atoms with van der Waals surface area (Å²) in [7, 11) is 0. The summed E-state index contributed by atoms with van der Waals surface area (Å²) in [5, 5.41) is 9.28. The summed E-state index contributed by atoms with van der Waals surface area (Å²) in [5.41, 5.74) is 3.76. The molecule has 2 rings (SSSR count). The van der Waals surface area contributed by atoms with Crippen molar-refractivity contribution in [2.75, 3.05) is 0 Å². The van der Waals surface area contributed by atoms with Crippen molar-refractivity contribution in [1.29, 1.82) is 0 Å². The molecule has 0 bridgehead atoms. The van der Waals surface area contributed by atoms with E-state index in [-0.39, 0.29) is 0 Å². The van der Waals surface area contributed by atoms with Gasteiger partial charge in [-0.05, 0) is 47.6 Å². The highest BCUT2D eigenvalue weighted by Gasteiger charge is 2.06. The van der Waals surface area contributed by atoms with Crippen molar-refractivity contribution in [3.63, 3.8) is 0 Å². The molecule has 0 saturated heterocycles. The molecule has 0 saturated carbocycles. The fourth-order valence-corrected chi connectivity index (χ4v) is 2.36. The second-order valence-electron chi connectivity index (χ2n) is 4.68. The number of aromatic hydroxyl groups is 1. The van der Waals surface area contributed by atoms with Gasteiger partial charge in [0.05, 0.1) is 0 Å². The largest absolute Gasteiger partial charge is 0.508 e. The Labute approximate surface area is 137 Å². The lowest BCUT2D eigenvalue weighted by Crippen LogP contribution is -1.94. The van der Waals surface area contributed by atoms with Gasteiger partial charge in [0.25, 0.3) is 0 Å². The summed E-state index contributed by atoms with van der Waals surface area (Å²) in [6.07, 6.45) is 2.38. The Morgan fingerprint density at radius 3 is 1.41 bits per heavy atom. The highest BCUT2D eigenvalue weighted by molar-refractivity contribution is 5.64. The highest BCUT2D eigenvalue weighted by atomic mass is 16.3. The summed E-state index contributed by atoms with van der Waals surface area (Å²) in [5.74, 6) is 0.978. The molecule has 2 aromatic carbocycles. The van der Waals surface area contributed by atoms with E-state index in [0.29, 0.717) is 11.7 Å². The van der Waals surface area contributed by atoms with Gasteiger partial charge in [0.15, 0.2) is 0 Å². The third-order valence-electron chi connectivity index (χ3n) is 3.57. The first-order chi connectivity index (χ1) is 10.7. The molecule has 0 amide bonds. The van der Waals surface area contributed by atoms with Crippen LogP contribution in [-0.2, 0) is 0 Å². The predicted molar refractivity (Wildman–Crippen MR) is 99.6 cm³/mol. The van der Waals surface area contributed by atoms with Gasteiger partial charge in [0.2, 0.25) is 0 Å². The number of phenols is 1. The molecule has 0 aromatic heterocycles. The van der Waals surface area contributed by atoms with Crippen molar-refractivity contribution >= 4 is 0 Å². The lowest BCUT2D eigenvalue weighted by Gasteiger charge is -2.13. The Morgan fingerprint density at radius 1 is 0.682 bits per heavy atom. The second kappa shape index (κ2) is 11.9. The molecule has 0 aliphatic heterocycles. The van der Waals surface area contributed by atoms with Crippen LogP contribution in [0.5, 0.6) is 5.75 Å². The first-order valence-electron chi connectivity index (χ1n) is 8.64. The van der Waals surface area contributed by atoms with Crippen molar-refractivity contribution < 1.29 is 5.11 Å². The molecule has 0 atom stereocenters. The maximum Gasteiger partial charge on any atom is 0.115 e. The van der Waals surface area contributed by atoms with E-state index in [1.165, 1.54) is 24.0 Å². The third-order valence-corrected chi connectivity index (χ3v) is 3.57. The van der Waals surface area contributed by atoms with Crippen molar-refractivity contribution in [2.45, 2.75) is 60.3 Å². The summed E-state index contributed by atoms with van der Waals surface area (Å²) >= 11 is 0. The minimum Gasteiger partial charge on any atom is -0.508 e. The van der Waals surface area contributed by atoms with Crippen molar-refractivity contribution in [3.8, 4) is 16.9 Å². The third kappa shape index (κ3) is 5.93. The summed E-state index contributed by atoms with van der Waals surface area (Å²) in [4.78, 5) is 0. The monoisotopic (exact) mass is 300 g/mol. The molecule has 0 unspecified atom stereocenters. The first kappa shape index (κ1) is 20.2.